The molecule has 1 unspecified atom stereocenters. The summed E-state index contributed by atoms with van der Waals surface area (Å²) < 4.78 is 0. The van der Waals surface area contributed by atoms with Crippen LogP contribution in [0.25, 0.3) is 0 Å². The summed E-state index contributed by atoms with van der Waals surface area (Å²) >= 11 is 0. The van der Waals surface area contributed by atoms with Gasteiger partial charge < -0.3 is 21.1 Å². The van der Waals surface area contributed by atoms with Gasteiger partial charge in [0.1, 0.15) is 0 Å². The van der Waals surface area contributed by atoms with Gasteiger partial charge in [-0.2, -0.15) is 0 Å². The summed E-state index contributed by atoms with van der Waals surface area (Å²) in [7, 11) is 0. The van der Waals surface area contributed by atoms with Crippen LogP contribution in [0.3, 0.4) is 0 Å². The van der Waals surface area contributed by atoms with E-state index in [1.165, 1.54) is 0 Å². The summed E-state index contributed by atoms with van der Waals surface area (Å²) in [6.07, 6.45) is -0.598. The van der Waals surface area contributed by atoms with Crippen LogP contribution in [-0.4, -0.2) is 48.3 Å². The van der Waals surface area contributed by atoms with Gasteiger partial charge in [-0.3, -0.25) is 0 Å². The second kappa shape index (κ2) is 3.54. The molecule has 0 aromatic heterocycles. The molecule has 0 radical (unpaired) electrons. The summed E-state index contributed by atoms with van der Waals surface area (Å²) in [5, 5.41) is 11.7. The summed E-state index contributed by atoms with van der Waals surface area (Å²) in [4.78, 5) is 12.4. The lowest BCUT2D eigenvalue weighted by molar-refractivity contribution is 0.137. The van der Waals surface area contributed by atoms with Crippen molar-refractivity contribution in [2.24, 2.45) is 5.73 Å². The Hall–Kier alpha value is -0.810. The van der Waals surface area contributed by atoms with Crippen LogP contribution in [0.15, 0.2) is 0 Å². The van der Waals surface area contributed by atoms with Gasteiger partial charge in [0.15, 0.2) is 0 Å². The van der Waals surface area contributed by atoms with Gasteiger partial charge in [0.25, 0.3) is 0 Å². The Balaban J connectivity index is 2.30. The predicted molar refractivity (Wildman–Crippen MR) is 40.0 cm³/mol. The number of aliphatic hydroxyl groups excluding tert-OH is 1. The van der Waals surface area contributed by atoms with E-state index in [2.05, 4.69) is 5.32 Å². The van der Waals surface area contributed by atoms with E-state index in [-0.39, 0.29) is 12.6 Å². The fraction of sp³-hybridized carbons (Fsp3) is 0.833. The minimum atomic E-state index is -0.598. The Labute approximate surface area is 65.2 Å². The van der Waals surface area contributed by atoms with Crippen molar-refractivity contribution < 1.29 is 9.90 Å². The third-order valence-corrected chi connectivity index (χ3v) is 1.65. The quantitative estimate of drug-likeness (QED) is 0.461. The van der Waals surface area contributed by atoms with Crippen LogP contribution in [-0.2, 0) is 0 Å². The van der Waals surface area contributed by atoms with Crippen LogP contribution < -0.4 is 11.1 Å². The second-order valence-corrected chi connectivity index (χ2v) is 2.57. The predicted octanol–water partition coefficient (Wildman–Crippen LogP) is -1.67. The van der Waals surface area contributed by atoms with Gasteiger partial charge in [-0.15, -0.1) is 0 Å². The summed E-state index contributed by atoms with van der Waals surface area (Å²) in [5.41, 5.74) is 5.19. The second-order valence-electron chi connectivity index (χ2n) is 2.57. The molecule has 1 aliphatic heterocycles. The van der Waals surface area contributed by atoms with Crippen LogP contribution in [0.4, 0.5) is 4.79 Å². The maximum absolute atomic E-state index is 10.9. The number of carbonyl (C=O) groups excluding carboxylic acids is 1. The Kier molecular flexibility index (Phi) is 2.67. The maximum Gasteiger partial charge on any atom is 0.317 e. The van der Waals surface area contributed by atoms with E-state index in [0.29, 0.717) is 19.6 Å². The third-order valence-electron chi connectivity index (χ3n) is 1.65. The van der Waals surface area contributed by atoms with Crippen molar-refractivity contribution >= 4 is 6.03 Å². The Morgan fingerprint density at radius 3 is 3.00 bits per heavy atom. The zero-order valence-corrected chi connectivity index (χ0v) is 6.29. The molecule has 0 aliphatic carbocycles. The first-order chi connectivity index (χ1) is 5.24. The number of β-amino-alcohol motifs (C(OH)–C–C–N with tert-alkyl or cyclic N) is 1. The molecule has 0 aromatic carbocycles. The van der Waals surface area contributed by atoms with Gasteiger partial charge in [0.05, 0.1) is 6.10 Å². The Morgan fingerprint density at radius 2 is 2.55 bits per heavy atom. The zero-order valence-electron chi connectivity index (χ0n) is 6.29. The summed E-state index contributed by atoms with van der Waals surface area (Å²) in [6, 6.07) is -0.113. The van der Waals surface area contributed by atoms with E-state index in [1.807, 2.05) is 0 Å². The topological polar surface area (TPSA) is 78.6 Å². The molecule has 1 saturated heterocycles. The molecule has 5 nitrogen and oxygen atoms in total. The molecule has 1 atom stereocenters. The molecule has 2 amide bonds. The third kappa shape index (κ3) is 2.06. The van der Waals surface area contributed by atoms with Gasteiger partial charge in [0, 0.05) is 26.2 Å². The molecule has 64 valence electrons. The molecule has 5 heteroatoms. The monoisotopic (exact) mass is 159 g/mol. The Morgan fingerprint density at radius 1 is 1.82 bits per heavy atom. The van der Waals surface area contributed by atoms with E-state index in [4.69, 9.17) is 10.8 Å². The van der Waals surface area contributed by atoms with Crippen molar-refractivity contribution in [1.82, 2.24) is 10.2 Å². The van der Waals surface area contributed by atoms with Crippen LogP contribution in [0.2, 0.25) is 0 Å². The molecular weight excluding hydrogens is 146 g/mol. The number of hydrogen-bond acceptors (Lipinski definition) is 3. The van der Waals surface area contributed by atoms with Gasteiger partial charge >= 0.3 is 6.03 Å². The normalized spacial score (nSPS) is 20.2. The zero-order chi connectivity index (χ0) is 8.27. The average molecular weight is 159 g/mol. The molecule has 1 aliphatic rings. The lowest BCUT2D eigenvalue weighted by Gasteiger charge is -2.16. The van der Waals surface area contributed by atoms with Gasteiger partial charge in [-0.25, -0.2) is 4.79 Å². The molecule has 11 heavy (non-hydrogen) atoms. The number of nitrogens with zero attached hydrogens (tertiary/aromatic N) is 1. The number of aliphatic hydroxyl groups is 1. The fourth-order valence-electron chi connectivity index (χ4n) is 1.01. The van der Waals surface area contributed by atoms with Crippen LogP contribution in [0, 0.1) is 0 Å². The number of urea groups is 1. The highest BCUT2D eigenvalue weighted by molar-refractivity contribution is 5.76. The van der Waals surface area contributed by atoms with E-state index in [9.17, 15) is 4.79 Å². The summed E-state index contributed by atoms with van der Waals surface area (Å²) in [5.74, 6) is 0. The molecule has 1 heterocycles. The number of nitrogens with two attached hydrogens (primary N) is 1. The smallest absolute Gasteiger partial charge is 0.317 e. The molecule has 4 N–H and O–H groups in total. The van der Waals surface area contributed by atoms with E-state index < -0.39 is 6.10 Å². The van der Waals surface area contributed by atoms with E-state index in [0.717, 1.165) is 0 Å². The van der Waals surface area contributed by atoms with Crippen molar-refractivity contribution in [2.45, 2.75) is 6.10 Å². The highest BCUT2D eigenvalue weighted by Gasteiger charge is 2.20. The van der Waals surface area contributed by atoms with Crippen LogP contribution >= 0.6 is 0 Å². The molecule has 0 saturated carbocycles. The minimum absolute atomic E-state index is 0.113. The lowest BCUT2D eigenvalue weighted by Crippen LogP contribution is -2.38. The van der Waals surface area contributed by atoms with Crippen molar-refractivity contribution in [3.05, 3.63) is 0 Å². The SMILES string of the molecule is NCC(O)CN1CCNC1=O. The first-order valence-electron chi connectivity index (χ1n) is 3.65. The molecule has 1 fully saturated rings. The number of amides is 2. The van der Waals surface area contributed by atoms with Gasteiger partial charge in [0.2, 0.25) is 0 Å². The number of carbonyl (C=O) groups is 1. The maximum atomic E-state index is 10.9. The average Bonchev–Trinajstić information content (AvgIpc) is 2.37. The lowest BCUT2D eigenvalue weighted by atomic mass is 10.3. The number of nitrogens with one attached hydrogen (secondary N) is 1. The summed E-state index contributed by atoms with van der Waals surface area (Å²) in [6.45, 7) is 1.86. The highest BCUT2D eigenvalue weighted by Crippen LogP contribution is 1.97. The van der Waals surface area contributed by atoms with Crippen LogP contribution in [0.5, 0.6) is 0 Å². The molecule has 0 spiro atoms. The van der Waals surface area contributed by atoms with Gasteiger partial charge in [-0.05, 0) is 0 Å². The van der Waals surface area contributed by atoms with E-state index in [1.54, 1.807) is 4.90 Å². The standard InChI is InChI=1S/C6H13N3O2/c7-3-5(10)4-9-2-1-8-6(9)11/h5,10H,1-4,7H2,(H,8,11). The Bertz CT molecular complexity index is 151. The fourth-order valence-corrected chi connectivity index (χ4v) is 1.01. The van der Waals surface area contributed by atoms with Crippen molar-refractivity contribution in [1.29, 1.82) is 0 Å². The highest BCUT2D eigenvalue weighted by atomic mass is 16.3. The first-order valence-corrected chi connectivity index (χ1v) is 3.65. The number of hydrogen-bond donors (Lipinski definition) is 3. The van der Waals surface area contributed by atoms with Crippen molar-refractivity contribution in [3.63, 3.8) is 0 Å². The molecule has 0 aromatic rings. The van der Waals surface area contributed by atoms with Crippen molar-refractivity contribution in [3.8, 4) is 0 Å². The number of rotatable bonds is 3. The molecule has 0 bridgehead atoms. The van der Waals surface area contributed by atoms with Crippen LogP contribution in [0.1, 0.15) is 0 Å². The van der Waals surface area contributed by atoms with Gasteiger partial charge in [-0.1, -0.05) is 0 Å². The first kappa shape index (κ1) is 8.29. The van der Waals surface area contributed by atoms with Crippen molar-refractivity contribution in [2.75, 3.05) is 26.2 Å². The molecular formula is C6H13N3O2. The van der Waals surface area contributed by atoms with E-state index >= 15 is 0 Å². The minimum Gasteiger partial charge on any atom is -0.390 e. The molecule has 1 rings (SSSR count). The largest absolute Gasteiger partial charge is 0.390 e.